The van der Waals surface area contributed by atoms with Crippen molar-refractivity contribution in [1.82, 2.24) is 0 Å². The normalized spacial score (nSPS) is 13.5. The first-order valence-corrected chi connectivity index (χ1v) is 6.79. The average Bonchev–Trinajstić information content (AvgIpc) is 2.23. The molecule has 0 saturated carbocycles. The molecule has 0 bridgehead atoms. The third-order valence-corrected chi connectivity index (χ3v) is 4.05. The van der Waals surface area contributed by atoms with E-state index in [0.29, 0.717) is 0 Å². The maximum absolute atomic E-state index is 13.5. The van der Waals surface area contributed by atoms with Gasteiger partial charge in [0.2, 0.25) is 0 Å². The van der Waals surface area contributed by atoms with Crippen LogP contribution >= 0.6 is 0 Å². The zero-order chi connectivity index (χ0) is 13.4. The maximum atomic E-state index is 13.5. The second-order valence-corrected chi connectivity index (χ2v) is 6.26. The Morgan fingerprint density at radius 2 is 1.76 bits per heavy atom. The summed E-state index contributed by atoms with van der Waals surface area (Å²) in [5.41, 5.74) is -0.475. The molecular weight excluding hydrogens is 250 g/mol. The molecule has 1 aromatic rings. The molecule has 0 spiro atoms. The smallest absolute Gasteiger partial charge is 0.183 e. The third-order valence-electron chi connectivity index (χ3n) is 2.55. The summed E-state index contributed by atoms with van der Waals surface area (Å²) in [6.07, 6.45) is 0.873. The van der Waals surface area contributed by atoms with Crippen molar-refractivity contribution < 1.29 is 22.0 Å². The molecule has 1 rings (SSSR count). The monoisotopic (exact) mass is 262 g/mol. The average molecular weight is 262 g/mol. The van der Waals surface area contributed by atoms with Crippen molar-refractivity contribution in [1.29, 1.82) is 0 Å². The van der Waals surface area contributed by atoms with E-state index in [1.165, 1.54) is 13.0 Å². The largest absolute Gasteiger partial charge is 0.293 e. The van der Waals surface area contributed by atoms with E-state index in [4.69, 9.17) is 0 Å². The zero-order valence-electron chi connectivity index (χ0n) is 9.62. The molecule has 0 saturated heterocycles. The van der Waals surface area contributed by atoms with Crippen LogP contribution in [0.4, 0.5) is 8.78 Å². The van der Waals surface area contributed by atoms with Crippen LogP contribution in [0.2, 0.25) is 0 Å². The van der Waals surface area contributed by atoms with Gasteiger partial charge in [-0.2, -0.15) is 0 Å². The lowest BCUT2D eigenvalue weighted by atomic mass is 10.1. The number of sulfone groups is 1. The number of halogens is 2. The highest BCUT2D eigenvalue weighted by Gasteiger charge is 2.28. The Balaban J connectivity index is 3.28. The molecule has 0 aliphatic carbocycles. The molecule has 6 heteroatoms. The van der Waals surface area contributed by atoms with Gasteiger partial charge in [-0.25, -0.2) is 17.2 Å². The molecule has 0 aromatic heterocycles. The van der Waals surface area contributed by atoms with Crippen molar-refractivity contribution in [3.8, 4) is 0 Å². The van der Waals surface area contributed by atoms with Gasteiger partial charge in [0.15, 0.2) is 27.3 Å². The Morgan fingerprint density at radius 1 is 1.24 bits per heavy atom. The Kier molecular flexibility index (Phi) is 3.66. The lowest BCUT2D eigenvalue weighted by Crippen LogP contribution is -2.27. The molecule has 0 heterocycles. The summed E-state index contributed by atoms with van der Waals surface area (Å²) in [5, 5.41) is -1.39. The quantitative estimate of drug-likeness (QED) is 0.782. The van der Waals surface area contributed by atoms with Crippen LogP contribution in [0.15, 0.2) is 12.1 Å². The van der Waals surface area contributed by atoms with E-state index in [9.17, 15) is 22.0 Å². The number of carbonyl (C=O) groups excluding carboxylic acids is 1. The molecular formula is C11H12F2O3S. The summed E-state index contributed by atoms with van der Waals surface area (Å²) in [4.78, 5) is 11.7. The SMILES string of the molecule is Cc1ccc(C(=O)C(C)S(C)(=O)=O)c(F)c1F. The van der Waals surface area contributed by atoms with E-state index in [1.54, 1.807) is 0 Å². The van der Waals surface area contributed by atoms with Gasteiger partial charge in [0.1, 0.15) is 5.25 Å². The second kappa shape index (κ2) is 4.52. The van der Waals surface area contributed by atoms with Crippen LogP contribution in [-0.2, 0) is 9.84 Å². The van der Waals surface area contributed by atoms with Crippen molar-refractivity contribution in [3.05, 3.63) is 34.9 Å². The molecule has 1 aromatic carbocycles. The number of aryl methyl sites for hydroxylation is 1. The van der Waals surface area contributed by atoms with Crippen LogP contribution in [0, 0.1) is 18.6 Å². The van der Waals surface area contributed by atoms with Gasteiger partial charge in [0.25, 0.3) is 0 Å². The highest BCUT2D eigenvalue weighted by atomic mass is 32.2. The van der Waals surface area contributed by atoms with E-state index in [2.05, 4.69) is 0 Å². The lowest BCUT2D eigenvalue weighted by Gasteiger charge is -2.10. The van der Waals surface area contributed by atoms with Crippen LogP contribution in [0.5, 0.6) is 0 Å². The van der Waals surface area contributed by atoms with Crippen molar-refractivity contribution in [2.75, 3.05) is 6.26 Å². The lowest BCUT2D eigenvalue weighted by molar-refractivity contribution is 0.0986. The van der Waals surface area contributed by atoms with Crippen LogP contribution in [0.3, 0.4) is 0 Å². The predicted octanol–water partition coefficient (Wildman–Crippen LogP) is 1.89. The Hall–Kier alpha value is -1.30. The van der Waals surface area contributed by atoms with Gasteiger partial charge >= 0.3 is 0 Å². The first-order valence-electron chi connectivity index (χ1n) is 4.84. The number of carbonyl (C=O) groups is 1. The van der Waals surface area contributed by atoms with Crippen LogP contribution in [0.25, 0.3) is 0 Å². The van der Waals surface area contributed by atoms with Gasteiger partial charge in [-0.1, -0.05) is 6.07 Å². The molecule has 94 valence electrons. The van der Waals surface area contributed by atoms with Gasteiger partial charge in [-0.3, -0.25) is 4.79 Å². The minimum atomic E-state index is -3.63. The minimum Gasteiger partial charge on any atom is -0.293 e. The highest BCUT2D eigenvalue weighted by molar-refractivity contribution is 7.92. The first kappa shape index (κ1) is 13.8. The first-order chi connectivity index (χ1) is 7.66. The number of hydrogen-bond donors (Lipinski definition) is 0. The molecule has 0 aliphatic rings. The van der Waals surface area contributed by atoms with E-state index in [0.717, 1.165) is 19.2 Å². The summed E-state index contributed by atoms with van der Waals surface area (Å²) < 4.78 is 49.0. The maximum Gasteiger partial charge on any atom is 0.183 e. The molecule has 0 N–H and O–H groups in total. The fourth-order valence-electron chi connectivity index (χ4n) is 1.25. The molecule has 3 nitrogen and oxygen atoms in total. The highest BCUT2D eigenvalue weighted by Crippen LogP contribution is 2.18. The standard InChI is InChI=1S/C11H12F2O3S/c1-6-4-5-8(10(13)9(6)12)11(14)7(2)17(3,15)16/h4-5,7H,1-3H3. The van der Waals surface area contributed by atoms with Crippen molar-refractivity contribution in [3.63, 3.8) is 0 Å². The zero-order valence-corrected chi connectivity index (χ0v) is 10.4. The summed E-state index contributed by atoms with van der Waals surface area (Å²) in [6, 6.07) is 2.33. The summed E-state index contributed by atoms with van der Waals surface area (Å²) in [6.45, 7) is 2.50. The molecule has 0 amide bonds. The van der Waals surface area contributed by atoms with Crippen LogP contribution in [0.1, 0.15) is 22.8 Å². The van der Waals surface area contributed by atoms with Crippen molar-refractivity contribution >= 4 is 15.6 Å². The fraction of sp³-hybridized carbons (Fsp3) is 0.364. The third kappa shape index (κ3) is 2.69. The Morgan fingerprint density at radius 3 is 2.24 bits per heavy atom. The van der Waals surface area contributed by atoms with Gasteiger partial charge in [-0.05, 0) is 25.5 Å². The Bertz CT molecular complexity index is 564. The molecule has 0 radical (unpaired) electrons. The number of hydrogen-bond acceptors (Lipinski definition) is 3. The second-order valence-electron chi connectivity index (χ2n) is 3.89. The van der Waals surface area contributed by atoms with Crippen molar-refractivity contribution in [2.45, 2.75) is 19.1 Å². The van der Waals surface area contributed by atoms with Gasteiger partial charge in [0, 0.05) is 6.26 Å². The molecule has 0 aliphatic heterocycles. The van der Waals surface area contributed by atoms with Gasteiger partial charge < -0.3 is 0 Å². The van der Waals surface area contributed by atoms with Gasteiger partial charge in [0.05, 0.1) is 5.56 Å². The number of rotatable bonds is 3. The number of Topliss-reactive ketones (excluding diaryl/α,β-unsaturated/α-hetero) is 1. The molecule has 17 heavy (non-hydrogen) atoms. The molecule has 0 fully saturated rings. The van der Waals surface area contributed by atoms with Crippen molar-refractivity contribution in [2.24, 2.45) is 0 Å². The van der Waals surface area contributed by atoms with E-state index >= 15 is 0 Å². The number of benzene rings is 1. The summed E-state index contributed by atoms with van der Waals surface area (Å²) in [5.74, 6) is -3.37. The van der Waals surface area contributed by atoms with Gasteiger partial charge in [-0.15, -0.1) is 0 Å². The molecule has 1 unspecified atom stereocenters. The molecule has 1 atom stereocenters. The van der Waals surface area contributed by atoms with Crippen LogP contribution in [-0.4, -0.2) is 25.7 Å². The summed E-state index contributed by atoms with van der Waals surface area (Å²) >= 11 is 0. The van der Waals surface area contributed by atoms with E-state index < -0.39 is 38.1 Å². The predicted molar refractivity (Wildman–Crippen MR) is 59.7 cm³/mol. The Labute approximate surface area is 98.4 Å². The van der Waals surface area contributed by atoms with E-state index in [-0.39, 0.29) is 5.56 Å². The topological polar surface area (TPSA) is 51.2 Å². The summed E-state index contributed by atoms with van der Waals surface area (Å²) in [7, 11) is -3.63. The van der Waals surface area contributed by atoms with Crippen LogP contribution < -0.4 is 0 Å². The number of ketones is 1. The minimum absolute atomic E-state index is 0.0612. The van der Waals surface area contributed by atoms with E-state index in [1.807, 2.05) is 0 Å². The fourth-order valence-corrected chi connectivity index (χ4v) is 1.77.